The molecule has 0 spiro atoms. The van der Waals surface area contributed by atoms with Gasteiger partial charge in [-0.3, -0.25) is 14.2 Å². The van der Waals surface area contributed by atoms with Gasteiger partial charge in [-0.05, 0) is 23.6 Å². The van der Waals surface area contributed by atoms with E-state index in [0.717, 1.165) is 15.8 Å². The number of carbonyl (C=O) groups excluding carboxylic acids is 1. The number of hydrogen-bond acceptors (Lipinski definition) is 7. The highest BCUT2D eigenvalue weighted by Gasteiger charge is 2.31. The summed E-state index contributed by atoms with van der Waals surface area (Å²) in [6, 6.07) is 16.8. The summed E-state index contributed by atoms with van der Waals surface area (Å²) in [5.41, 5.74) is 0.973. The zero-order chi connectivity index (χ0) is 25.4. The number of carbonyl (C=O) groups is 1. The van der Waals surface area contributed by atoms with E-state index < -0.39 is 23.8 Å². The summed E-state index contributed by atoms with van der Waals surface area (Å²) in [6.45, 7) is 2.87. The minimum atomic E-state index is -0.667. The molecule has 0 bridgehead atoms. The van der Waals surface area contributed by atoms with E-state index in [0.29, 0.717) is 24.8 Å². The first-order valence-corrected chi connectivity index (χ1v) is 11.7. The molecule has 2 aromatic heterocycles. The number of aryl methyl sites for hydroxylation is 1. The van der Waals surface area contributed by atoms with Gasteiger partial charge in [0.1, 0.15) is 18.9 Å². The second-order valence-electron chi connectivity index (χ2n) is 8.96. The number of benzene rings is 2. The first-order valence-electron chi connectivity index (χ1n) is 11.7. The summed E-state index contributed by atoms with van der Waals surface area (Å²) in [4.78, 5) is 45.9. The lowest BCUT2D eigenvalue weighted by molar-refractivity contribution is -0.145. The number of fused-ring (bicyclic) bond motifs is 3. The van der Waals surface area contributed by atoms with E-state index in [9.17, 15) is 14.4 Å². The van der Waals surface area contributed by atoms with Crippen molar-refractivity contribution in [1.82, 2.24) is 18.7 Å². The van der Waals surface area contributed by atoms with Crippen LogP contribution in [0.1, 0.15) is 12.5 Å². The van der Waals surface area contributed by atoms with Crippen molar-refractivity contribution in [3.8, 4) is 5.75 Å². The molecule has 0 saturated heterocycles. The summed E-state index contributed by atoms with van der Waals surface area (Å²) >= 11 is 0. The molecule has 4 aromatic rings. The molecular weight excluding hydrogens is 462 g/mol. The van der Waals surface area contributed by atoms with E-state index in [2.05, 4.69) is 6.92 Å². The molecule has 10 nitrogen and oxygen atoms in total. The van der Waals surface area contributed by atoms with Crippen molar-refractivity contribution in [3.05, 3.63) is 81.0 Å². The molecule has 5 rings (SSSR count). The molecule has 0 radical (unpaired) electrons. The number of rotatable bonds is 6. The topological polar surface area (TPSA) is 101 Å². The molecule has 0 aliphatic carbocycles. The maximum Gasteiger partial charge on any atom is 0.333 e. The van der Waals surface area contributed by atoms with Gasteiger partial charge in [0.15, 0.2) is 11.2 Å². The maximum atomic E-state index is 13.6. The second kappa shape index (κ2) is 9.37. The fourth-order valence-corrected chi connectivity index (χ4v) is 4.61. The SMILES string of the molecule is COc1ccccc1N1C[C@H](C)Cn2c1nc1c2c(=O)n(CC(=O)OCc2ccccc2)c(=O)n1C. The number of ether oxygens (including phenoxy) is 2. The predicted molar refractivity (Wildman–Crippen MR) is 135 cm³/mol. The van der Waals surface area contributed by atoms with Crippen molar-refractivity contribution in [2.75, 3.05) is 18.6 Å². The summed E-state index contributed by atoms with van der Waals surface area (Å²) in [5, 5.41) is 0. The Morgan fingerprint density at radius 2 is 1.78 bits per heavy atom. The van der Waals surface area contributed by atoms with Gasteiger partial charge in [-0.1, -0.05) is 49.4 Å². The number of nitrogens with zero attached hydrogens (tertiary/aromatic N) is 5. The quantitative estimate of drug-likeness (QED) is 0.384. The van der Waals surface area contributed by atoms with Gasteiger partial charge in [-0.15, -0.1) is 0 Å². The molecule has 0 unspecified atom stereocenters. The lowest BCUT2D eigenvalue weighted by Crippen LogP contribution is -2.42. The van der Waals surface area contributed by atoms with E-state index in [1.165, 1.54) is 4.57 Å². The minimum Gasteiger partial charge on any atom is -0.495 e. The Bertz CT molecular complexity index is 1550. The zero-order valence-electron chi connectivity index (χ0n) is 20.4. The molecule has 1 atom stereocenters. The second-order valence-corrected chi connectivity index (χ2v) is 8.96. The third kappa shape index (κ3) is 4.04. The molecular formula is C26H27N5O5. The van der Waals surface area contributed by atoms with Crippen LogP contribution in [0.15, 0.2) is 64.2 Å². The first kappa shape index (κ1) is 23.4. The average molecular weight is 490 g/mol. The number of anilines is 2. The van der Waals surface area contributed by atoms with Gasteiger partial charge in [-0.2, -0.15) is 4.98 Å². The Balaban J connectivity index is 1.56. The molecule has 3 heterocycles. The number of methoxy groups -OCH3 is 1. The van der Waals surface area contributed by atoms with Crippen LogP contribution in [0.5, 0.6) is 5.75 Å². The summed E-state index contributed by atoms with van der Waals surface area (Å²) < 4.78 is 14.9. The van der Waals surface area contributed by atoms with Gasteiger partial charge in [0.25, 0.3) is 5.56 Å². The van der Waals surface area contributed by atoms with Crippen LogP contribution in [0.4, 0.5) is 11.6 Å². The van der Waals surface area contributed by atoms with Gasteiger partial charge in [-0.25, -0.2) is 9.36 Å². The molecule has 0 N–H and O–H groups in total. The molecule has 2 aromatic carbocycles. The normalized spacial score (nSPS) is 15.1. The van der Waals surface area contributed by atoms with E-state index in [-0.39, 0.29) is 23.7 Å². The molecule has 0 saturated carbocycles. The van der Waals surface area contributed by atoms with Gasteiger partial charge in [0.2, 0.25) is 5.95 Å². The highest BCUT2D eigenvalue weighted by atomic mass is 16.5. The molecule has 0 fully saturated rings. The Hall–Kier alpha value is -4.34. The van der Waals surface area contributed by atoms with E-state index in [4.69, 9.17) is 14.5 Å². The fraction of sp³-hybridized carbons (Fsp3) is 0.308. The third-order valence-electron chi connectivity index (χ3n) is 6.35. The van der Waals surface area contributed by atoms with Crippen LogP contribution in [0.2, 0.25) is 0 Å². The number of para-hydroxylation sites is 2. The van der Waals surface area contributed by atoms with Crippen LogP contribution in [0.25, 0.3) is 11.2 Å². The highest BCUT2D eigenvalue weighted by Crippen LogP contribution is 2.37. The molecule has 186 valence electrons. The largest absolute Gasteiger partial charge is 0.495 e. The first-order chi connectivity index (χ1) is 17.4. The summed E-state index contributed by atoms with van der Waals surface area (Å²) in [5.74, 6) is 0.738. The summed E-state index contributed by atoms with van der Waals surface area (Å²) in [6.07, 6.45) is 0. The Labute approximate surface area is 206 Å². The molecule has 1 aliphatic rings. The number of imidazole rings is 1. The molecule has 36 heavy (non-hydrogen) atoms. The van der Waals surface area contributed by atoms with Crippen LogP contribution >= 0.6 is 0 Å². The van der Waals surface area contributed by atoms with Gasteiger partial charge >= 0.3 is 11.7 Å². The zero-order valence-corrected chi connectivity index (χ0v) is 20.4. The van der Waals surface area contributed by atoms with Gasteiger partial charge in [0.05, 0.1) is 12.8 Å². The van der Waals surface area contributed by atoms with Gasteiger partial charge in [0, 0.05) is 20.1 Å². The molecule has 0 amide bonds. The van der Waals surface area contributed by atoms with Crippen LogP contribution in [-0.4, -0.2) is 38.3 Å². The summed E-state index contributed by atoms with van der Waals surface area (Å²) in [7, 11) is 3.15. The number of esters is 1. The maximum absolute atomic E-state index is 13.6. The Morgan fingerprint density at radius 1 is 1.06 bits per heavy atom. The Kier molecular flexibility index (Phi) is 6.09. The van der Waals surface area contributed by atoms with E-state index in [1.807, 2.05) is 64.1 Å². The van der Waals surface area contributed by atoms with Gasteiger partial charge < -0.3 is 18.9 Å². The van der Waals surface area contributed by atoms with Crippen molar-refractivity contribution in [1.29, 1.82) is 0 Å². The monoisotopic (exact) mass is 489 g/mol. The van der Waals surface area contributed by atoms with Crippen molar-refractivity contribution >= 4 is 28.8 Å². The van der Waals surface area contributed by atoms with Crippen molar-refractivity contribution < 1.29 is 14.3 Å². The number of hydrogen-bond donors (Lipinski definition) is 0. The van der Waals surface area contributed by atoms with Crippen LogP contribution in [-0.2, 0) is 36.3 Å². The van der Waals surface area contributed by atoms with Crippen molar-refractivity contribution in [2.24, 2.45) is 13.0 Å². The van der Waals surface area contributed by atoms with Crippen LogP contribution < -0.4 is 20.9 Å². The third-order valence-corrected chi connectivity index (χ3v) is 6.35. The van der Waals surface area contributed by atoms with E-state index in [1.54, 1.807) is 14.2 Å². The number of aromatic nitrogens is 4. The fourth-order valence-electron chi connectivity index (χ4n) is 4.61. The lowest BCUT2D eigenvalue weighted by atomic mass is 10.1. The molecule has 1 aliphatic heterocycles. The standard InChI is InChI=1S/C26H27N5O5/c1-17-13-29(19-11-7-8-12-20(19)35-3)25-27-23-22(30(25)14-17)24(33)31(26(34)28(23)2)15-21(32)36-16-18-9-5-4-6-10-18/h4-12,17H,13-16H2,1-3H3/t17-/m0/s1. The Morgan fingerprint density at radius 3 is 2.53 bits per heavy atom. The minimum absolute atomic E-state index is 0.0600. The van der Waals surface area contributed by atoms with Crippen LogP contribution in [0, 0.1) is 5.92 Å². The van der Waals surface area contributed by atoms with Crippen LogP contribution in [0.3, 0.4) is 0 Å². The highest BCUT2D eigenvalue weighted by molar-refractivity contribution is 5.78. The van der Waals surface area contributed by atoms with Crippen molar-refractivity contribution in [2.45, 2.75) is 26.6 Å². The predicted octanol–water partition coefficient (Wildman–Crippen LogP) is 2.44. The van der Waals surface area contributed by atoms with Crippen molar-refractivity contribution in [3.63, 3.8) is 0 Å². The smallest absolute Gasteiger partial charge is 0.333 e. The lowest BCUT2D eigenvalue weighted by Gasteiger charge is -2.33. The average Bonchev–Trinajstić information content (AvgIpc) is 3.28. The van der Waals surface area contributed by atoms with E-state index >= 15 is 0 Å². The molecule has 10 heteroatoms.